The van der Waals surface area contributed by atoms with E-state index in [2.05, 4.69) is 15.9 Å². The molecule has 0 saturated carbocycles. The molecule has 0 aliphatic rings. The van der Waals surface area contributed by atoms with Gasteiger partial charge in [-0.05, 0) is 34.5 Å². The molecule has 0 unspecified atom stereocenters. The lowest BCUT2D eigenvalue weighted by molar-refractivity contribution is 0.0978. The lowest BCUT2D eigenvalue weighted by atomic mass is 10.1. The SMILES string of the molecule is O=C(CCCCl)c1ccc(Br)c(Cl)c1F. The van der Waals surface area contributed by atoms with Gasteiger partial charge >= 0.3 is 0 Å². The van der Waals surface area contributed by atoms with Crippen LogP contribution in [-0.4, -0.2) is 11.7 Å². The smallest absolute Gasteiger partial charge is 0.165 e. The van der Waals surface area contributed by atoms with Gasteiger partial charge in [0, 0.05) is 16.8 Å². The molecule has 1 rings (SSSR count). The molecule has 1 aromatic rings. The fourth-order valence-electron chi connectivity index (χ4n) is 1.10. The number of Topliss-reactive ketones (excluding diaryl/α,β-unsaturated/α-hetero) is 1. The second-order valence-electron chi connectivity index (χ2n) is 2.94. The molecule has 0 bridgehead atoms. The average molecular weight is 314 g/mol. The van der Waals surface area contributed by atoms with E-state index in [1.54, 1.807) is 6.07 Å². The van der Waals surface area contributed by atoms with Crippen molar-refractivity contribution in [3.8, 4) is 0 Å². The van der Waals surface area contributed by atoms with Crippen molar-refractivity contribution in [2.75, 3.05) is 5.88 Å². The fourth-order valence-corrected chi connectivity index (χ4v) is 1.71. The molecule has 1 aromatic carbocycles. The number of alkyl halides is 1. The topological polar surface area (TPSA) is 17.1 Å². The number of carbonyl (C=O) groups excluding carboxylic acids is 1. The number of halogens is 4. The molecular formula is C10H8BrCl2FO. The molecule has 0 aliphatic heterocycles. The third-order valence-corrected chi connectivity index (χ3v) is 3.40. The first-order chi connectivity index (χ1) is 7.07. The van der Waals surface area contributed by atoms with E-state index in [1.807, 2.05) is 0 Å². The van der Waals surface area contributed by atoms with Crippen LogP contribution < -0.4 is 0 Å². The Morgan fingerprint density at radius 1 is 1.47 bits per heavy atom. The Labute approximate surface area is 106 Å². The second kappa shape index (κ2) is 5.83. The molecule has 0 radical (unpaired) electrons. The second-order valence-corrected chi connectivity index (χ2v) is 4.55. The van der Waals surface area contributed by atoms with Gasteiger partial charge in [-0.3, -0.25) is 4.79 Å². The van der Waals surface area contributed by atoms with Gasteiger partial charge in [-0.25, -0.2) is 4.39 Å². The van der Waals surface area contributed by atoms with Crippen molar-refractivity contribution in [2.45, 2.75) is 12.8 Å². The Kier molecular flexibility index (Phi) is 5.03. The van der Waals surface area contributed by atoms with Crippen molar-refractivity contribution in [1.29, 1.82) is 0 Å². The number of hydrogen-bond donors (Lipinski definition) is 0. The highest BCUT2D eigenvalue weighted by molar-refractivity contribution is 9.10. The van der Waals surface area contributed by atoms with Crippen LogP contribution in [-0.2, 0) is 0 Å². The molecule has 82 valence electrons. The summed E-state index contributed by atoms with van der Waals surface area (Å²) >= 11 is 14.2. The molecule has 1 nitrogen and oxygen atoms in total. The highest BCUT2D eigenvalue weighted by atomic mass is 79.9. The van der Waals surface area contributed by atoms with Gasteiger partial charge in [0.25, 0.3) is 0 Å². The van der Waals surface area contributed by atoms with Crippen LogP contribution in [0.2, 0.25) is 5.02 Å². The summed E-state index contributed by atoms with van der Waals surface area (Å²) in [5.74, 6) is -0.564. The Morgan fingerprint density at radius 3 is 2.73 bits per heavy atom. The normalized spacial score (nSPS) is 10.4. The quantitative estimate of drug-likeness (QED) is 0.456. The largest absolute Gasteiger partial charge is 0.294 e. The minimum atomic E-state index is -0.675. The minimum Gasteiger partial charge on any atom is -0.294 e. The van der Waals surface area contributed by atoms with E-state index in [4.69, 9.17) is 23.2 Å². The van der Waals surface area contributed by atoms with E-state index in [0.717, 1.165) is 0 Å². The maximum atomic E-state index is 13.5. The summed E-state index contributed by atoms with van der Waals surface area (Å²) in [6, 6.07) is 2.97. The number of rotatable bonds is 4. The van der Waals surface area contributed by atoms with Gasteiger partial charge in [-0.2, -0.15) is 0 Å². The van der Waals surface area contributed by atoms with Crippen LogP contribution in [0.5, 0.6) is 0 Å². The van der Waals surface area contributed by atoms with Gasteiger partial charge in [0.05, 0.1) is 10.6 Å². The van der Waals surface area contributed by atoms with Crippen molar-refractivity contribution in [3.63, 3.8) is 0 Å². The van der Waals surface area contributed by atoms with Gasteiger partial charge in [0.15, 0.2) is 11.6 Å². The van der Waals surface area contributed by atoms with Crippen LogP contribution in [0.3, 0.4) is 0 Å². The van der Waals surface area contributed by atoms with Crippen LogP contribution >= 0.6 is 39.1 Å². The van der Waals surface area contributed by atoms with Crippen LogP contribution in [0.4, 0.5) is 4.39 Å². The monoisotopic (exact) mass is 312 g/mol. The van der Waals surface area contributed by atoms with Crippen molar-refractivity contribution in [2.24, 2.45) is 0 Å². The number of benzene rings is 1. The summed E-state index contributed by atoms with van der Waals surface area (Å²) in [5.41, 5.74) is 0.0216. The van der Waals surface area contributed by atoms with Gasteiger partial charge in [0.1, 0.15) is 0 Å². The van der Waals surface area contributed by atoms with E-state index in [1.165, 1.54) is 6.07 Å². The number of ketones is 1. The van der Waals surface area contributed by atoms with E-state index in [9.17, 15) is 9.18 Å². The summed E-state index contributed by atoms with van der Waals surface area (Å²) < 4.78 is 14.0. The molecule has 0 fully saturated rings. The molecule has 5 heteroatoms. The minimum absolute atomic E-state index is 0.0216. The highest BCUT2D eigenvalue weighted by Gasteiger charge is 2.15. The van der Waals surface area contributed by atoms with E-state index in [-0.39, 0.29) is 22.8 Å². The first kappa shape index (κ1) is 12.9. The maximum absolute atomic E-state index is 13.5. The van der Waals surface area contributed by atoms with E-state index < -0.39 is 5.82 Å². The zero-order valence-electron chi connectivity index (χ0n) is 7.70. The first-order valence-corrected chi connectivity index (χ1v) is 6.01. The molecule has 0 saturated heterocycles. The lowest BCUT2D eigenvalue weighted by Crippen LogP contribution is -2.03. The predicted molar refractivity (Wildman–Crippen MR) is 63.4 cm³/mol. The summed E-state index contributed by atoms with van der Waals surface area (Å²) in [4.78, 5) is 11.5. The van der Waals surface area contributed by atoms with E-state index >= 15 is 0 Å². The number of carbonyl (C=O) groups is 1. The van der Waals surface area contributed by atoms with Crippen LogP contribution in [0, 0.1) is 5.82 Å². The Balaban J connectivity index is 2.95. The van der Waals surface area contributed by atoms with Crippen LogP contribution in [0.1, 0.15) is 23.2 Å². The summed E-state index contributed by atoms with van der Waals surface area (Å²) in [7, 11) is 0. The first-order valence-electron chi connectivity index (χ1n) is 4.30. The van der Waals surface area contributed by atoms with Crippen molar-refractivity contribution in [1.82, 2.24) is 0 Å². The van der Waals surface area contributed by atoms with Gasteiger partial charge in [-0.15, -0.1) is 11.6 Å². The third-order valence-electron chi connectivity index (χ3n) is 1.87. The van der Waals surface area contributed by atoms with Gasteiger partial charge in [-0.1, -0.05) is 11.6 Å². The average Bonchev–Trinajstić information content (AvgIpc) is 2.23. The molecule has 0 amide bonds. The fraction of sp³-hybridized carbons (Fsp3) is 0.300. The standard InChI is InChI=1S/C10H8BrCl2FO/c11-7-4-3-6(10(14)9(7)13)8(15)2-1-5-12/h3-4H,1-2,5H2. The summed E-state index contributed by atoms with van der Waals surface area (Å²) in [5, 5.41) is -0.0632. The molecule has 0 aromatic heterocycles. The summed E-state index contributed by atoms with van der Waals surface area (Å²) in [6.45, 7) is 0. The molecule has 0 N–H and O–H groups in total. The molecule has 15 heavy (non-hydrogen) atoms. The summed E-state index contributed by atoms with van der Waals surface area (Å²) in [6.07, 6.45) is 0.770. The lowest BCUT2D eigenvalue weighted by Gasteiger charge is -2.04. The molecule has 0 heterocycles. The highest BCUT2D eigenvalue weighted by Crippen LogP contribution is 2.28. The Hall–Kier alpha value is -0.120. The van der Waals surface area contributed by atoms with Gasteiger partial charge in [0.2, 0.25) is 0 Å². The third kappa shape index (κ3) is 3.16. The predicted octanol–water partition coefficient (Wildman–Crippen LogP) is 4.44. The zero-order valence-corrected chi connectivity index (χ0v) is 10.8. The zero-order chi connectivity index (χ0) is 11.4. The van der Waals surface area contributed by atoms with E-state index in [0.29, 0.717) is 16.8 Å². The molecule has 0 atom stereocenters. The molecular weight excluding hydrogens is 306 g/mol. The van der Waals surface area contributed by atoms with Crippen molar-refractivity contribution in [3.05, 3.63) is 33.0 Å². The molecule has 0 spiro atoms. The molecule has 0 aliphatic carbocycles. The Morgan fingerprint density at radius 2 is 2.13 bits per heavy atom. The van der Waals surface area contributed by atoms with Crippen LogP contribution in [0.15, 0.2) is 16.6 Å². The Bertz CT molecular complexity index is 382. The number of hydrogen-bond acceptors (Lipinski definition) is 1. The van der Waals surface area contributed by atoms with Crippen molar-refractivity contribution >= 4 is 44.9 Å². The van der Waals surface area contributed by atoms with Gasteiger partial charge < -0.3 is 0 Å². The van der Waals surface area contributed by atoms with Crippen LogP contribution in [0.25, 0.3) is 0 Å². The maximum Gasteiger partial charge on any atom is 0.165 e. The van der Waals surface area contributed by atoms with Crippen molar-refractivity contribution < 1.29 is 9.18 Å².